The largest absolute Gasteiger partial charge is 0.598 e. The number of amides is 1. The summed E-state index contributed by atoms with van der Waals surface area (Å²) in [6.07, 6.45) is 4.61. The molecule has 0 aromatic carbocycles. The fourth-order valence-corrected chi connectivity index (χ4v) is 3.95. The molecule has 0 aromatic rings. The number of nitrogens with one attached hydrogen (secondary N) is 2. The molecule has 1 rings (SSSR count). The first-order chi connectivity index (χ1) is 10.9. The van der Waals surface area contributed by atoms with Crippen LogP contribution in [-0.2, 0) is 16.1 Å². The highest BCUT2D eigenvalue weighted by atomic mass is 32.2. The molecule has 142 valence electrons. The van der Waals surface area contributed by atoms with Crippen LogP contribution in [0.3, 0.4) is 0 Å². The smallest absolute Gasteiger partial charge is 0.407 e. The first kappa shape index (κ1) is 21.6. The van der Waals surface area contributed by atoms with E-state index in [0.29, 0.717) is 5.92 Å². The second kappa shape index (κ2) is 8.77. The lowest BCUT2D eigenvalue weighted by Gasteiger charge is -2.36. The molecule has 2 N–H and O–H groups in total. The average Bonchev–Trinajstić information content (AvgIpc) is 2.42. The average molecular weight is 361 g/mol. The van der Waals surface area contributed by atoms with E-state index in [1.807, 2.05) is 41.5 Å². The monoisotopic (exact) mass is 360 g/mol. The standard InChI is InChI=1S/C18H36N2O3S/c1-8-15(20-24(22)18(5,6)7)13-9-11-14(12-10-13)19-16(21)23-17(2,3)4/h13-15,20H,8-12H2,1-7H3,(H,19,21)/t13?,14?,15-,24?/m0/s1. The van der Waals surface area contributed by atoms with Crippen LogP contribution in [0.25, 0.3) is 0 Å². The Morgan fingerprint density at radius 2 is 1.71 bits per heavy atom. The molecule has 0 aliphatic heterocycles. The van der Waals surface area contributed by atoms with E-state index in [0.717, 1.165) is 32.1 Å². The second-order valence-electron chi connectivity index (χ2n) is 8.77. The van der Waals surface area contributed by atoms with E-state index in [1.54, 1.807) is 0 Å². The first-order valence-corrected chi connectivity index (χ1v) is 10.2. The molecule has 1 aliphatic rings. The van der Waals surface area contributed by atoms with Gasteiger partial charge >= 0.3 is 6.09 Å². The van der Waals surface area contributed by atoms with Gasteiger partial charge in [0.2, 0.25) is 0 Å². The van der Waals surface area contributed by atoms with Crippen LogP contribution in [0.1, 0.15) is 80.6 Å². The van der Waals surface area contributed by atoms with Crippen LogP contribution in [0, 0.1) is 5.92 Å². The zero-order valence-corrected chi connectivity index (χ0v) is 17.2. The van der Waals surface area contributed by atoms with E-state index >= 15 is 0 Å². The fraction of sp³-hybridized carbons (Fsp3) is 0.944. The van der Waals surface area contributed by atoms with Gasteiger partial charge in [0.1, 0.15) is 10.3 Å². The van der Waals surface area contributed by atoms with Gasteiger partial charge in [-0.1, -0.05) is 6.92 Å². The number of hydrogen-bond acceptors (Lipinski definition) is 4. The predicted molar refractivity (Wildman–Crippen MR) is 100 cm³/mol. The molecular weight excluding hydrogens is 324 g/mol. The van der Waals surface area contributed by atoms with Crippen molar-refractivity contribution in [2.75, 3.05) is 0 Å². The van der Waals surface area contributed by atoms with Crippen molar-refractivity contribution < 1.29 is 14.1 Å². The number of ether oxygens (including phenoxy) is 1. The van der Waals surface area contributed by atoms with E-state index in [4.69, 9.17) is 4.74 Å². The Balaban J connectivity index is 2.44. The topological polar surface area (TPSA) is 73.4 Å². The zero-order valence-electron chi connectivity index (χ0n) is 16.4. The third kappa shape index (κ3) is 7.62. The summed E-state index contributed by atoms with van der Waals surface area (Å²) in [7, 11) is 0. The fourth-order valence-electron chi connectivity index (χ4n) is 2.97. The van der Waals surface area contributed by atoms with E-state index in [2.05, 4.69) is 17.0 Å². The molecule has 24 heavy (non-hydrogen) atoms. The van der Waals surface area contributed by atoms with Crippen LogP contribution in [0.15, 0.2) is 0 Å². The SMILES string of the molecule is CC[C@H](N[S+]([O-])C(C)(C)C)C1CCC(NC(=O)OC(C)(C)C)CC1. The zero-order chi connectivity index (χ0) is 18.5. The number of alkyl carbamates (subject to hydrolysis) is 1. The normalized spacial score (nSPS) is 25.0. The number of rotatable bonds is 5. The van der Waals surface area contributed by atoms with Crippen molar-refractivity contribution in [2.45, 2.75) is 103 Å². The van der Waals surface area contributed by atoms with Gasteiger partial charge in [0.25, 0.3) is 0 Å². The predicted octanol–water partition coefficient (Wildman–Crippen LogP) is 3.90. The van der Waals surface area contributed by atoms with Gasteiger partial charge in [0, 0.05) is 17.4 Å². The first-order valence-electron chi connectivity index (χ1n) is 9.10. The van der Waals surface area contributed by atoms with Crippen LogP contribution in [0.2, 0.25) is 0 Å². The van der Waals surface area contributed by atoms with Gasteiger partial charge in [-0.3, -0.25) is 0 Å². The van der Waals surface area contributed by atoms with Crippen LogP contribution in [0.4, 0.5) is 4.79 Å². The van der Waals surface area contributed by atoms with Gasteiger partial charge in [-0.05, 0) is 79.6 Å². The van der Waals surface area contributed by atoms with Gasteiger partial charge in [-0.15, -0.1) is 4.72 Å². The van der Waals surface area contributed by atoms with Crippen molar-refractivity contribution in [3.05, 3.63) is 0 Å². The highest BCUT2D eigenvalue weighted by Crippen LogP contribution is 2.29. The van der Waals surface area contributed by atoms with Gasteiger partial charge in [-0.2, -0.15) is 0 Å². The maximum Gasteiger partial charge on any atom is 0.407 e. The Bertz CT molecular complexity index is 396. The number of hydrogen-bond donors (Lipinski definition) is 2. The molecule has 0 aromatic heterocycles. The minimum absolute atomic E-state index is 0.182. The lowest BCUT2D eigenvalue weighted by molar-refractivity contribution is 0.0485. The molecule has 0 spiro atoms. The third-order valence-corrected chi connectivity index (χ3v) is 5.95. The van der Waals surface area contributed by atoms with Crippen molar-refractivity contribution in [2.24, 2.45) is 5.92 Å². The van der Waals surface area contributed by atoms with Crippen molar-refractivity contribution in [1.82, 2.24) is 10.0 Å². The summed E-state index contributed by atoms with van der Waals surface area (Å²) in [6.45, 7) is 13.7. The molecule has 5 nitrogen and oxygen atoms in total. The maximum absolute atomic E-state index is 12.3. The Labute approximate surface area is 151 Å². The Morgan fingerprint density at radius 3 is 2.12 bits per heavy atom. The van der Waals surface area contributed by atoms with E-state index in [-0.39, 0.29) is 22.9 Å². The second-order valence-corrected chi connectivity index (χ2v) is 10.8. The molecule has 1 fully saturated rings. The van der Waals surface area contributed by atoms with Crippen molar-refractivity contribution >= 4 is 17.5 Å². The van der Waals surface area contributed by atoms with Gasteiger partial charge < -0.3 is 14.6 Å². The Hall–Kier alpha value is -0.460. The van der Waals surface area contributed by atoms with E-state index in [9.17, 15) is 9.35 Å². The highest BCUT2D eigenvalue weighted by molar-refractivity contribution is 7.90. The third-order valence-electron chi connectivity index (χ3n) is 4.32. The van der Waals surface area contributed by atoms with Gasteiger partial charge in [0.15, 0.2) is 0 Å². The summed E-state index contributed by atoms with van der Waals surface area (Å²) in [5.74, 6) is 0.512. The molecule has 1 saturated carbocycles. The Kier molecular flexibility index (Phi) is 7.88. The summed E-state index contributed by atoms with van der Waals surface area (Å²) < 4.78 is 20.7. The van der Waals surface area contributed by atoms with Crippen molar-refractivity contribution in [1.29, 1.82) is 0 Å². The number of carbonyl (C=O) groups is 1. The van der Waals surface area contributed by atoms with Crippen molar-refractivity contribution in [3.63, 3.8) is 0 Å². The Morgan fingerprint density at radius 1 is 1.17 bits per heavy atom. The van der Waals surface area contributed by atoms with Crippen molar-refractivity contribution in [3.8, 4) is 0 Å². The molecule has 6 heteroatoms. The quantitative estimate of drug-likeness (QED) is 0.729. The summed E-state index contributed by atoms with van der Waals surface area (Å²) in [5.41, 5.74) is -0.463. The highest BCUT2D eigenvalue weighted by Gasteiger charge is 2.34. The molecule has 0 saturated heterocycles. The van der Waals surface area contributed by atoms with E-state index < -0.39 is 17.0 Å². The van der Waals surface area contributed by atoms with E-state index in [1.165, 1.54) is 0 Å². The lowest BCUT2D eigenvalue weighted by Crippen LogP contribution is -2.49. The molecule has 1 amide bonds. The molecule has 1 aliphatic carbocycles. The van der Waals surface area contributed by atoms with Gasteiger partial charge in [0.05, 0.1) is 6.04 Å². The minimum Gasteiger partial charge on any atom is -0.598 e. The number of carbonyl (C=O) groups excluding carboxylic acids is 1. The summed E-state index contributed by atoms with van der Waals surface area (Å²) in [6, 6.07) is 0.453. The molecule has 0 bridgehead atoms. The molecule has 0 heterocycles. The summed E-state index contributed by atoms with van der Waals surface area (Å²) >= 11 is -1.04. The minimum atomic E-state index is -1.04. The van der Waals surface area contributed by atoms with Gasteiger partial charge in [-0.25, -0.2) is 4.79 Å². The lowest BCUT2D eigenvalue weighted by atomic mass is 9.81. The van der Waals surface area contributed by atoms with Crippen LogP contribution < -0.4 is 10.0 Å². The van der Waals surface area contributed by atoms with Crippen LogP contribution in [0.5, 0.6) is 0 Å². The molecular formula is C18H36N2O3S. The van der Waals surface area contributed by atoms with Crippen LogP contribution in [-0.4, -0.2) is 33.1 Å². The maximum atomic E-state index is 12.3. The molecule has 2 atom stereocenters. The molecule has 1 unspecified atom stereocenters. The summed E-state index contributed by atoms with van der Waals surface area (Å²) in [4.78, 5) is 11.9. The summed E-state index contributed by atoms with van der Waals surface area (Å²) in [5, 5.41) is 2.98. The van der Waals surface area contributed by atoms with Crippen LogP contribution >= 0.6 is 0 Å². The molecule has 0 radical (unpaired) electrons.